The van der Waals surface area contributed by atoms with Gasteiger partial charge in [-0.15, -0.1) is 0 Å². The predicted octanol–water partition coefficient (Wildman–Crippen LogP) is 3.08. The number of nitrogens with zero attached hydrogens (tertiary/aromatic N) is 2. The first-order valence-corrected chi connectivity index (χ1v) is 5.77. The Kier molecular flexibility index (Phi) is 4.44. The maximum atomic E-state index is 4.31. The molecule has 0 aromatic rings. The van der Waals surface area contributed by atoms with Crippen molar-refractivity contribution in [3.63, 3.8) is 0 Å². The van der Waals surface area contributed by atoms with E-state index in [-0.39, 0.29) is 5.41 Å². The van der Waals surface area contributed by atoms with Gasteiger partial charge >= 0.3 is 0 Å². The van der Waals surface area contributed by atoms with Gasteiger partial charge in [0.2, 0.25) is 5.96 Å². The predicted molar refractivity (Wildman–Crippen MR) is 75.4 cm³/mol. The molecule has 0 aromatic carbocycles. The van der Waals surface area contributed by atoms with Crippen molar-refractivity contribution < 1.29 is 0 Å². The molecule has 1 rings (SSSR count). The molecule has 3 heteroatoms. The Labute approximate surface area is 104 Å². The van der Waals surface area contributed by atoms with Crippen LogP contribution in [0.15, 0.2) is 46.1 Å². The van der Waals surface area contributed by atoms with E-state index in [0.29, 0.717) is 5.96 Å². The fraction of sp³-hybridized carbons (Fsp3) is 0.429. The third-order valence-corrected chi connectivity index (χ3v) is 2.29. The van der Waals surface area contributed by atoms with E-state index < -0.39 is 0 Å². The summed E-state index contributed by atoms with van der Waals surface area (Å²) < 4.78 is 0. The number of rotatable bonds is 1. The summed E-state index contributed by atoms with van der Waals surface area (Å²) in [5, 5.41) is 3.20. The number of aliphatic imine (C=N–C) groups is 2. The van der Waals surface area contributed by atoms with E-state index in [4.69, 9.17) is 0 Å². The molecule has 0 fully saturated rings. The van der Waals surface area contributed by atoms with Crippen LogP contribution in [-0.2, 0) is 0 Å². The van der Waals surface area contributed by atoms with Gasteiger partial charge in [0.05, 0.1) is 0 Å². The molecule has 0 unspecified atom stereocenters. The molecule has 0 aliphatic heterocycles. The zero-order valence-corrected chi connectivity index (χ0v) is 11.3. The molecule has 0 bridgehead atoms. The van der Waals surface area contributed by atoms with Crippen molar-refractivity contribution in [3.8, 4) is 0 Å². The molecule has 0 saturated heterocycles. The Morgan fingerprint density at radius 3 is 2.53 bits per heavy atom. The molecule has 0 spiro atoms. The van der Waals surface area contributed by atoms with Crippen molar-refractivity contribution in [2.24, 2.45) is 15.4 Å². The third-order valence-electron chi connectivity index (χ3n) is 2.29. The number of hydrogen-bond donors (Lipinski definition) is 1. The summed E-state index contributed by atoms with van der Waals surface area (Å²) in [4.78, 5) is 8.42. The minimum absolute atomic E-state index is 0.0907. The molecular formula is C14H21N3. The highest BCUT2D eigenvalue weighted by Crippen LogP contribution is 2.21. The first kappa shape index (κ1) is 13.4. The molecule has 0 aromatic heterocycles. The third kappa shape index (κ3) is 4.81. The summed E-state index contributed by atoms with van der Waals surface area (Å²) >= 11 is 0. The van der Waals surface area contributed by atoms with Crippen LogP contribution < -0.4 is 5.32 Å². The number of allylic oxidation sites excluding steroid dienone is 5. The van der Waals surface area contributed by atoms with E-state index in [1.807, 2.05) is 19.9 Å². The van der Waals surface area contributed by atoms with Crippen molar-refractivity contribution in [1.29, 1.82) is 0 Å². The molecule has 92 valence electrons. The highest BCUT2D eigenvalue weighted by Gasteiger charge is 2.10. The van der Waals surface area contributed by atoms with Gasteiger partial charge in [0.25, 0.3) is 0 Å². The average Bonchev–Trinajstić information content (AvgIpc) is 2.39. The summed E-state index contributed by atoms with van der Waals surface area (Å²) in [7, 11) is 1.73. The lowest BCUT2D eigenvalue weighted by molar-refractivity contribution is 0.626. The number of hydrogen-bond acceptors (Lipinski definition) is 1. The van der Waals surface area contributed by atoms with Gasteiger partial charge in [-0.2, -0.15) is 0 Å². The van der Waals surface area contributed by atoms with Gasteiger partial charge in [0.15, 0.2) is 0 Å². The molecule has 0 saturated carbocycles. The van der Waals surface area contributed by atoms with E-state index >= 15 is 0 Å². The second kappa shape index (κ2) is 5.62. The van der Waals surface area contributed by atoms with Crippen LogP contribution in [0.25, 0.3) is 0 Å². The van der Waals surface area contributed by atoms with Crippen molar-refractivity contribution in [3.05, 3.63) is 36.1 Å². The summed E-state index contributed by atoms with van der Waals surface area (Å²) in [6, 6.07) is 0. The molecule has 0 amide bonds. The highest BCUT2D eigenvalue weighted by molar-refractivity contribution is 5.95. The van der Waals surface area contributed by atoms with Gasteiger partial charge in [-0.1, -0.05) is 32.1 Å². The average molecular weight is 231 g/mol. The maximum absolute atomic E-state index is 4.31. The normalized spacial score (nSPS) is 18.4. The van der Waals surface area contributed by atoms with Crippen molar-refractivity contribution >= 4 is 11.7 Å². The second-order valence-corrected chi connectivity index (χ2v) is 4.87. The molecule has 0 heterocycles. The summed E-state index contributed by atoms with van der Waals surface area (Å²) in [6.45, 7) is 8.24. The summed E-state index contributed by atoms with van der Waals surface area (Å²) in [5.74, 6) is 0.633. The highest BCUT2D eigenvalue weighted by atomic mass is 15.1. The number of guanidine groups is 1. The van der Waals surface area contributed by atoms with E-state index in [0.717, 1.165) is 11.4 Å². The first-order valence-electron chi connectivity index (χ1n) is 5.77. The van der Waals surface area contributed by atoms with Crippen LogP contribution in [0.4, 0.5) is 0 Å². The molecule has 1 aliphatic carbocycles. The zero-order valence-electron chi connectivity index (χ0n) is 11.3. The fourth-order valence-corrected chi connectivity index (χ4v) is 1.37. The largest absolute Gasteiger partial charge is 0.325 e. The lowest BCUT2D eigenvalue weighted by Crippen LogP contribution is -2.20. The van der Waals surface area contributed by atoms with Gasteiger partial charge in [0, 0.05) is 23.9 Å². The van der Waals surface area contributed by atoms with Crippen LogP contribution >= 0.6 is 0 Å². The Balaban J connectivity index is 2.80. The molecule has 0 atom stereocenters. The van der Waals surface area contributed by atoms with Crippen molar-refractivity contribution in [1.82, 2.24) is 5.32 Å². The van der Waals surface area contributed by atoms with Gasteiger partial charge in [0.1, 0.15) is 0 Å². The SMILES string of the molecule is CN=C(N=C(C)C)NC1=CC=CC(C)(C)C=C1. The Hall–Kier alpha value is -1.64. The zero-order chi connectivity index (χ0) is 12.9. The molecule has 3 nitrogen and oxygen atoms in total. The van der Waals surface area contributed by atoms with Crippen LogP contribution in [0.2, 0.25) is 0 Å². The molecule has 1 N–H and O–H groups in total. The maximum Gasteiger partial charge on any atom is 0.222 e. The molecule has 17 heavy (non-hydrogen) atoms. The second-order valence-electron chi connectivity index (χ2n) is 4.87. The Morgan fingerprint density at radius 2 is 1.94 bits per heavy atom. The van der Waals surface area contributed by atoms with E-state index in [9.17, 15) is 0 Å². The topological polar surface area (TPSA) is 36.8 Å². The fourth-order valence-electron chi connectivity index (χ4n) is 1.37. The molecule has 1 aliphatic rings. The standard InChI is InChI=1S/C14H21N3/c1-11(2)16-13(15-5)17-12-7-6-9-14(3,4)10-8-12/h6-10H,1-5H3,(H,15,17). The number of nitrogens with one attached hydrogen (secondary N) is 1. The first-order chi connectivity index (χ1) is 7.93. The van der Waals surface area contributed by atoms with Crippen LogP contribution in [-0.4, -0.2) is 18.7 Å². The lowest BCUT2D eigenvalue weighted by Gasteiger charge is -2.12. The van der Waals surface area contributed by atoms with Gasteiger partial charge in [-0.3, -0.25) is 4.99 Å². The van der Waals surface area contributed by atoms with Gasteiger partial charge < -0.3 is 5.32 Å². The van der Waals surface area contributed by atoms with E-state index in [1.54, 1.807) is 7.05 Å². The monoisotopic (exact) mass is 231 g/mol. The van der Waals surface area contributed by atoms with Crippen LogP contribution in [0.1, 0.15) is 27.7 Å². The minimum atomic E-state index is 0.0907. The van der Waals surface area contributed by atoms with Crippen LogP contribution in [0.5, 0.6) is 0 Å². The lowest BCUT2D eigenvalue weighted by atomic mass is 9.93. The molecular weight excluding hydrogens is 210 g/mol. The van der Waals surface area contributed by atoms with Crippen LogP contribution in [0, 0.1) is 5.41 Å². The minimum Gasteiger partial charge on any atom is -0.325 e. The van der Waals surface area contributed by atoms with Crippen molar-refractivity contribution in [2.75, 3.05) is 7.05 Å². The summed E-state index contributed by atoms with van der Waals surface area (Å²) in [6.07, 6.45) is 10.5. The van der Waals surface area contributed by atoms with E-state index in [2.05, 4.69) is 53.5 Å². The Bertz CT molecular complexity index is 417. The van der Waals surface area contributed by atoms with E-state index in [1.165, 1.54) is 0 Å². The Morgan fingerprint density at radius 1 is 1.24 bits per heavy atom. The van der Waals surface area contributed by atoms with Gasteiger partial charge in [-0.05, 0) is 26.0 Å². The molecule has 0 radical (unpaired) electrons. The van der Waals surface area contributed by atoms with Crippen molar-refractivity contribution in [2.45, 2.75) is 27.7 Å². The smallest absolute Gasteiger partial charge is 0.222 e. The quantitative estimate of drug-likeness (QED) is 0.546. The summed E-state index contributed by atoms with van der Waals surface area (Å²) in [5.41, 5.74) is 2.07. The van der Waals surface area contributed by atoms with Gasteiger partial charge in [-0.25, -0.2) is 4.99 Å². The van der Waals surface area contributed by atoms with Crippen LogP contribution in [0.3, 0.4) is 0 Å².